The summed E-state index contributed by atoms with van der Waals surface area (Å²) in [6.07, 6.45) is 6.57. The van der Waals surface area contributed by atoms with E-state index < -0.39 is 0 Å². The average molecular weight is 299 g/mol. The van der Waals surface area contributed by atoms with Crippen molar-refractivity contribution >= 4 is 22.2 Å². The van der Waals surface area contributed by atoms with Crippen LogP contribution in [0.2, 0.25) is 0 Å². The molecule has 0 unspecified atom stereocenters. The molecule has 1 aromatic heterocycles. The molecule has 4 nitrogen and oxygen atoms in total. The van der Waals surface area contributed by atoms with Crippen LogP contribution in [-0.2, 0) is 4.79 Å². The molecule has 0 amide bonds. The fourth-order valence-corrected chi connectivity index (χ4v) is 2.31. The molecule has 17 heavy (non-hydrogen) atoms. The number of hydrogen-bond donors (Lipinski definition) is 0. The third-order valence-electron chi connectivity index (χ3n) is 2.85. The van der Waals surface area contributed by atoms with Crippen LogP contribution in [0.1, 0.15) is 12.8 Å². The second-order valence-electron chi connectivity index (χ2n) is 4.12. The highest BCUT2D eigenvalue weighted by atomic mass is 79.9. The largest absolute Gasteiger partial charge is 0.489 e. The van der Waals surface area contributed by atoms with Gasteiger partial charge in [-0.3, -0.25) is 9.88 Å². The normalized spacial score (nSPS) is 17.9. The van der Waals surface area contributed by atoms with Crippen molar-refractivity contribution in [2.75, 3.05) is 19.6 Å². The van der Waals surface area contributed by atoms with Crippen LogP contribution in [0, 0.1) is 0 Å². The molecule has 1 aliphatic rings. The van der Waals surface area contributed by atoms with Crippen LogP contribution in [0.5, 0.6) is 5.75 Å². The van der Waals surface area contributed by atoms with Crippen LogP contribution in [0.4, 0.5) is 0 Å². The maximum atomic E-state index is 10.4. The Morgan fingerprint density at radius 1 is 1.47 bits per heavy atom. The van der Waals surface area contributed by atoms with Crippen molar-refractivity contribution in [2.24, 2.45) is 0 Å². The van der Waals surface area contributed by atoms with Gasteiger partial charge in [0, 0.05) is 23.8 Å². The Bertz CT molecular complexity index is 379. The van der Waals surface area contributed by atoms with E-state index in [0.29, 0.717) is 6.54 Å². The molecule has 92 valence electrons. The molecule has 1 fully saturated rings. The first-order valence-corrected chi connectivity index (χ1v) is 6.50. The van der Waals surface area contributed by atoms with E-state index in [2.05, 4.69) is 25.8 Å². The molecule has 2 heterocycles. The third-order valence-corrected chi connectivity index (χ3v) is 3.28. The maximum absolute atomic E-state index is 10.4. The van der Waals surface area contributed by atoms with E-state index in [9.17, 15) is 4.79 Å². The van der Waals surface area contributed by atoms with Crippen LogP contribution in [0.25, 0.3) is 0 Å². The molecule has 5 heteroatoms. The number of piperidine rings is 1. The summed E-state index contributed by atoms with van der Waals surface area (Å²) < 4.78 is 6.78. The van der Waals surface area contributed by atoms with E-state index in [1.165, 1.54) is 0 Å². The quantitative estimate of drug-likeness (QED) is 0.796. The topological polar surface area (TPSA) is 42.4 Å². The number of carbonyl (C=O) groups is 1. The number of halogens is 1. The molecule has 0 spiro atoms. The van der Waals surface area contributed by atoms with Gasteiger partial charge in [-0.2, -0.15) is 0 Å². The maximum Gasteiger partial charge on any atom is 0.139 e. The molecule has 0 saturated carbocycles. The van der Waals surface area contributed by atoms with Gasteiger partial charge in [-0.15, -0.1) is 0 Å². The van der Waals surface area contributed by atoms with E-state index >= 15 is 0 Å². The number of ether oxygens (including phenoxy) is 1. The summed E-state index contributed by atoms with van der Waals surface area (Å²) >= 11 is 3.37. The Hall–Kier alpha value is -0.940. The third kappa shape index (κ3) is 3.78. The summed E-state index contributed by atoms with van der Waals surface area (Å²) in [5.74, 6) is 0.799. The summed E-state index contributed by atoms with van der Waals surface area (Å²) in [6.45, 7) is 2.38. The monoisotopic (exact) mass is 298 g/mol. The van der Waals surface area contributed by atoms with Gasteiger partial charge in [-0.25, -0.2) is 0 Å². The minimum absolute atomic E-state index is 0.231. The Kier molecular flexibility index (Phi) is 4.50. The van der Waals surface area contributed by atoms with Crippen molar-refractivity contribution in [1.82, 2.24) is 9.88 Å². The predicted molar refractivity (Wildman–Crippen MR) is 68.1 cm³/mol. The summed E-state index contributed by atoms with van der Waals surface area (Å²) in [6, 6.07) is 1.92. The number of hydrogen-bond acceptors (Lipinski definition) is 4. The van der Waals surface area contributed by atoms with Crippen molar-refractivity contribution in [3.05, 3.63) is 22.9 Å². The molecule has 1 saturated heterocycles. The number of aldehydes is 1. The van der Waals surface area contributed by atoms with Gasteiger partial charge in [0.25, 0.3) is 0 Å². The highest BCUT2D eigenvalue weighted by molar-refractivity contribution is 9.10. The highest BCUT2D eigenvalue weighted by Gasteiger charge is 2.20. The number of nitrogens with zero attached hydrogens (tertiary/aromatic N) is 2. The van der Waals surface area contributed by atoms with Crippen LogP contribution in [-0.4, -0.2) is 41.9 Å². The SMILES string of the molecule is O=CCN1CCC(Oc2cncc(Br)c2)CC1. The Morgan fingerprint density at radius 2 is 2.24 bits per heavy atom. The highest BCUT2D eigenvalue weighted by Crippen LogP contribution is 2.20. The number of rotatable bonds is 4. The number of aromatic nitrogens is 1. The molecule has 1 aliphatic heterocycles. The summed E-state index contributed by atoms with van der Waals surface area (Å²) in [4.78, 5) is 16.6. The summed E-state index contributed by atoms with van der Waals surface area (Å²) in [5.41, 5.74) is 0. The lowest BCUT2D eigenvalue weighted by atomic mass is 10.1. The van der Waals surface area contributed by atoms with Gasteiger partial charge in [-0.1, -0.05) is 0 Å². The molecular weight excluding hydrogens is 284 g/mol. The zero-order chi connectivity index (χ0) is 12.1. The Morgan fingerprint density at radius 3 is 2.88 bits per heavy atom. The second kappa shape index (κ2) is 6.12. The fourth-order valence-electron chi connectivity index (χ4n) is 1.96. The van der Waals surface area contributed by atoms with Crippen molar-refractivity contribution in [2.45, 2.75) is 18.9 Å². The number of likely N-dealkylation sites (tertiary alicyclic amines) is 1. The number of carbonyl (C=O) groups excluding carboxylic acids is 1. The van der Waals surface area contributed by atoms with E-state index in [4.69, 9.17) is 4.74 Å². The van der Waals surface area contributed by atoms with Crippen LogP contribution in [0.3, 0.4) is 0 Å². The standard InChI is InChI=1S/C12H15BrN2O2/c13-10-7-12(9-14-8-10)17-11-1-3-15(4-2-11)5-6-16/h6-9,11H,1-5H2. The van der Waals surface area contributed by atoms with Gasteiger partial charge < -0.3 is 9.53 Å². The van der Waals surface area contributed by atoms with Crippen LogP contribution >= 0.6 is 15.9 Å². The van der Waals surface area contributed by atoms with Crippen LogP contribution < -0.4 is 4.74 Å². The first-order chi connectivity index (χ1) is 8.28. The van der Waals surface area contributed by atoms with E-state index in [0.717, 1.165) is 42.4 Å². The van der Waals surface area contributed by atoms with Gasteiger partial charge in [-0.05, 0) is 34.8 Å². The van der Waals surface area contributed by atoms with Crippen molar-refractivity contribution in [3.8, 4) is 5.75 Å². The molecule has 0 aliphatic carbocycles. The number of pyridine rings is 1. The van der Waals surface area contributed by atoms with Gasteiger partial charge in [0.2, 0.25) is 0 Å². The molecule has 0 aromatic carbocycles. The minimum Gasteiger partial charge on any atom is -0.489 e. The second-order valence-corrected chi connectivity index (χ2v) is 5.04. The molecule has 2 rings (SSSR count). The molecule has 1 aromatic rings. The molecule has 0 atom stereocenters. The van der Waals surface area contributed by atoms with Gasteiger partial charge in [0.1, 0.15) is 18.1 Å². The Balaban J connectivity index is 1.83. The summed E-state index contributed by atoms with van der Waals surface area (Å²) in [5, 5.41) is 0. The zero-order valence-electron chi connectivity index (χ0n) is 9.51. The van der Waals surface area contributed by atoms with E-state index in [-0.39, 0.29) is 6.10 Å². The first-order valence-electron chi connectivity index (χ1n) is 5.71. The fraction of sp³-hybridized carbons (Fsp3) is 0.500. The van der Waals surface area contributed by atoms with Gasteiger partial charge in [0.05, 0.1) is 12.7 Å². The van der Waals surface area contributed by atoms with Gasteiger partial charge in [0.15, 0.2) is 0 Å². The summed E-state index contributed by atoms with van der Waals surface area (Å²) in [7, 11) is 0. The van der Waals surface area contributed by atoms with Crippen molar-refractivity contribution in [1.29, 1.82) is 0 Å². The molecule has 0 bridgehead atoms. The van der Waals surface area contributed by atoms with Gasteiger partial charge >= 0.3 is 0 Å². The first kappa shape index (κ1) is 12.5. The molecule has 0 N–H and O–H groups in total. The molecular formula is C12H15BrN2O2. The molecule has 0 radical (unpaired) electrons. The lowest BCUT2D eigenvalue weighted by Crippen LogP contribution is -2.39. The minimum atomic E-state index is 0.231. The van der Waals surface area contributed by atoms with Crippen molar-refractivity contribution in [3.63, 3.8) is 0 Å². The zero-order valence-corrected chi connectivity index (χ0v) is 11.1. The van der Waals surface area contributed by atoms with Crippen molar-refractivity contribution < 1.29 is 9.53 Å². The van der Waals surface area contributed by atoms with Crippen LogP contribution in [0.15, 0.2) is 22.9 Å². The lowest BCUT2D eigenvalue weighted by molar-refractivity contribution is -0.109. The Labute approximate surface area is 109 Å². The smallest absolute Gasteiger partial charge is 0.139 e. The van der Waals surface area contributed by atoms with E-state index in [1.807, 2.05) is 6.07 Å². The lowest BCUT2D eigenvalue weighted by Gasteiger charge is -2.30. The van der Waals surface area contributed by atoms with E-state index in [1.54, 1.807) is 12.4 Å². The predicted octanol–water partition coefficient (Wildman–Crippen LogP) is 1.89. The average Bonchev–Trinajstić information content (AvgIpc) is 2.32.